The van der Waals surface area contributed by atoms with Crippen LogP contribution in [0.4, 0.5) is 0 Å². The molecule has 4 heteroatoms. The molecule has 0 aliphatic rings. The van der Waals surface area contributed by atoms with Gasteiger partial charge in [-0.1, -0.05) is 6.07 Å². The molecular formula is C14H20N2O2. The summed E-state index contributed by atoms with van der Waals surface area (Å²) < 4.78 is 5.04. The second-order valence-electron chi connectivity index (χ2n) is 5.63. The minimum atomic E-state index is -0.392. The Bertz CT molecular complexity index is 575. The Morgan fingerprint density at radius 3 is 2.83 bits per heavy atom. The maximum absolute atomic E-state index is 11.0. The molecule has 2 aromatic rings. The number of oxazole rings is 1. The van der Waals surface area contributed by atoms with Gasteiger partial charge in [-0.3, -0.25) is 4.98 Å². The number of hydrogen-bond donors (Lipinski definition) is 2. The Kier molecular flexibility index (Phi) is 3.57. The Morgan fingerprint density at radius 2 is 2.11 bits per heavy atom. The van der Waals surface area contributed by atoms with Crippen LogP contribution in [-0.4, -0.2) is 17.1 Å². The molecule has 0 aliphatic heterocycles. The van der Waals surface area contributed by atoms with E-state index < -0.39 is 5.76 Å². The Hall–Kier alpha value is -1.55. The van der Waals surface area contributed by atoms with Crippen molar-refractivity contribution in [1.29, 1.82) is 0 Å². The van der Waals surface area contributed by atoms with Gasteiger partial charge >= 0.3 is 5.76 Å². The normalized spacial score (nSPS) is 12.2. The fourth-order valence-corrected chi connectivity index (χ4v) is 1.90. The third kappa shape index (κ3) is 3.47. The average Bonchev–Trinajstić information content (AvgIpc) is 2.62. The molecule has 4 nitrogen and oxygen atoms in total. The summed E-state index contributed by atoms with van der Waals surface area (Å²) >= 11 is 0. The Labute approximate surface area is 106 Å². The first-order chi connectivity index (χ1) is 8.44. The van der Waals surface area contributed by atoms with Gasteiger partial charge in [-0.15, -0.1) is 0 Å². The van der Waals surface area contributed by atoms with E-state index in [0.29, 0.717) is 5.58 Å². The summed E-state index contributed by atoms with van der Waals surface area (Å²) in [6.07, 6.45) is 2.05. The van der Waals surface area contributed by atoms with E-state index in [1.807, 2.05) is 18.2 Å². The lowest BCUT2D eigenvalue weighted by Crippen LogP contribution is -2.36. The van der Waals surface area contributed by atoms with Crippen molar-refractivity contribution in [2.24, 2.45) is 0 Å². The number of aryl methyl sites for hydroxylation is 1. The molecule has 18 heavy (non-hydrogen) atoms. The van der Waals surface area contributed by atoms with Gasteiger partial charge in [0, 0.05) is 5.54 Å². The van der Waals surface area contributed by atoms with E-state index in [0.717, 1.165) is 24.9 Å². The van der Waals surface area contributed by atoms with Gasteiger partial charge in [-0.25, -0.2) is 4.79 Å². The SMILES string of the molecule is CC(C)(C)NCCCc1ccc2[nH]c(=O)oc2c1. The molecular weight excluding hydrogens is 228 g/mol. The highest BCUT2D eigenvalue weighted by atomic mass is 16.4. The van der Waals surface area contributed by atoms with Crippen LogP contribution in [0.15, 0.2) is 27.4 Å². The van der Waals surface area contributed by atoms with Gasteiger partial charge < -0.3 is 9.73 Å². The molecule has 1 heterocycles. The zero-order valence-electron chi connectivity index (χ0n) is 11.2. The molecule has 2 N–H and O–H groups in total. The molecule has 0 radical (unpaired) electrons. The summed E-state index contributed by atoms with van der Waals surface area (Å²) in [5.74, 6) is -0.392. The number of hydrogen-bond acceptors (Lipinski definition) is 3. The second kappa shape index (κ2) is 4.98. The van der Waals surface area contributed by atoms with E-state index in [4.69, 9.17) is 4.42 Å². The lowest BCUT2D eigenvalue weighted by atomic mass is 10.1. The second-order valence-corrected chi connectivity index (χ2v) is 5.63. The molecule has 0 spiro atoms. The molecule has 0 unspecified atom stereocenters. The molecule has 1 aromatic heterocycles. The van der Waals surface area contributed by atoms with E-state index in [-0.39, 0.29) is 5.54 Å². The monoisotopic (exact) mass is 248 g/mol. The predicted octanol–water partition coefficient (Wildman–Crippen LogP) is 2.44. The first-order valence-corrected chi connectivity index (χ1v) is 6.31. The average molecular weight is 248 g/mol. The van der Waals surface area contributed by atoms with Crippen LogP contribution in [0.5, 0.6) is 0 Å². The number of benzene rings is 1. The summed E-state index contributed by atoms with van der Waals surface area (Å²) in [6.45, 7) is 7.47. The summed E-state index contributed by atoms with van der Waals surface area (Å²) in [6, 6.07) is 5.86. The van der Waals surface area contributed by atoms with Gasteiger partial charge in [0.05, 0.1) is 5.52 Å². The molecule has 0 saturated carbocycles. The first-order valence-electron chi connectivity index (χ1n) is 6.31. The van der Waals surface area contributed by atoms with Crippen molar-refractivity contribution in [1.82, 2.24) is 10.3 Å². The Morgan fingerprint density at radius 1 is 1.33 bits per heavy atom. The number of H-pyrrole nitrogens is 1. The summed E-state index contributed by atoms with van der Waals surface area (Å²) in [5.41, 5.74) is 2.76. The van der Waals surface area contributed by atoms with Crippen LogP contribution in [0.25, 0.3) is 11.1 Å². The number of rotatable bonds is 4. The summed E-state index contributed by atoms with van der Waals surface area (Å²) in [5, 5.41) is 3.45. The highest BCUT2D eigenvalue weighted by molar-refractivity contribution is 5.72. The summed E-state index contributed by atoms with van der Waals surface area (Å²) in [7, 11) is 0. The predicted molar refractivity (Wildman–Crippen MR) is 72.9 cm³/mol. The van der Waals surface area contributed by atoms with Crippen molar-refractivity contribution in [3.8, 4) is 0 Å². The smallest absolute Gasteiger partial charge is 0.408 e. The van der Waals surface area contributed by atoms with Crippen molar-refractivity contribution in [3.05, 3.63) is 34.3 Å². The number of aromatic nitrogens is 1. The van der Waals surface area contributed by atoms with Gasteiger partial charge in [0.2, 0.25) is 0 Å². The van der Waals surface area contributed by atoms with Crippen molar-refractivity contribution in [2.75, 3.05) is 6.54 Å². The van der Waals surface area contributed by atoms with Crippen molar-refractivity contribution in [2.45, 2.75) is 39.2 Å². The lowest BCUT2D eigenvalue weighted by Gasteiger charge is -2.20. The van der Waals surface area contributed by atoms with Crippen LogP contribution in [0.3, 0.4) is 0 Å². The highest BCUT2D eigenvalue weighted by Gasteiger charge is 2.07. The molecule has 0 atom stereocenters. The van der Waals surface area contributed by atoms with E-state index in [1.165, 1.54) is 5.56 Å². The zero-order chi connectivity index (χ0) is 13.2. The van der Waals surface area contributed by atoms with Crippen LogP contribution in [0.1, 0.15) is 32.8 Å². The molecule has 0 fully saturated rings. The fourth-order valence-electron chi connectivity index (χ4n) is 1.90. The maximum Gasteiger partial charge on any atom is 0.417 e. The molecule has 0 aliphatic carbocycles. The van der Waals surface area contributed by atoms with E-state index in [9.17, 15) is 4.79 Å². The molecule has 2 rings (SSSR count). The van der Waals surface area contributed by atoms with Crippen LogP contribution in [0.2, 0.25) is 0 Å². The first kappa shape index (κ1) is 12.9. The van der Waals surface area contributed by atoms with Crippen LogP contribution >= 0.6 is 0 Å². The van der Waals surface area contributed by atoms with Gasteiger partial charge in [-0.2, -0.15) is 0 Å². The minimum absolute atomic E-state index is 0.164. The number of aromatic amines is 1. The largest absolute Gasteiger partial charge is 0.417 e. The topological polar surface area (TPSA) is 58.0 Å². The maximum atomic E-state index is 11.0. The third-order valence-corrected chi connectivity index (χ3v) is 2.78. The molecule has 0 amide bonds. The lowest BCUT2D eigenvalue weighted by molar-refractivity contribution is 0.422. The minimum Gasteiger partial charge on any atom is -0.408 e. The van der Waals surface area contributed by atoms with E-state index >= 15 is 0 Å². The quantitative estimate of drug-likeness (QED) is 0.817. The van der Waals surface area contributed by atoms with Crippen molar-refractivity contribution < 1.29 is 4.42 Å². The molecule has 98 valence electrons. The highest BCUT2D eigenvalue weighted by Crippen LogP contribution is 2.13. The molecule has 1 aromatic carbocycles. The van der Waals surface area contributed by atoms with Crippen LogP contribution in [-0.2, 0) is 6.42 Å². The van der Waals surface area contributed by atoms with Gasteiger partial charge in [0.15, 0.2) is 5.58 Å². The Balaban J connectivity index is 1.93. The van der Waals surface area contributed by atoms with E-state index in [1.54, 1.807) is 0 Å². The molecule has 0 saturated heterocycles. The van der Waals surface area contributed by atoms with E-state index in [2.05, 4.69) is 31.1 Å². The van der Waals surface area contributed by atoms with Crippen molar-refractivity contribution in [3.63, 3.8) is 0 Å². The number of nitrogens with one attached hydrogen (secondary N) is 2. The van der Waals surface area contributed by atoms with Gasteiger partial charge in [0.25, 0.3) is 0 Å². The summed E-state index contributed by atoms with van der Waals surface area (Å²) in [4.78, 5) is 13.7. The van der Waals surface area contributed by atoms with Crippen LogP contribution < -0.4 is 11.1 Å². The standard InChI is InChI=1S/C14H20N2O2/c1-14(2,3)15-8-4-5-10-6-7-11-12(9-10)18-13(17)16-11/h6-7,9,15H,4-5,8H2,1-3H3,(H,16,17). The zero-order valence-corrected chi connectivity index (χ0v) is 11.2. The fraction of sp³-hybridized carbons (Fsp3) is 0.500. The van der Waals surface area contributed by atoms with Crippen molar-refractivity contribution >= 4 is 11.1 Å². The van der Waals surface area contributed by atoms with Gasteiger partial charge in [-0.05, 0) is 57.9 Å². The van der Waals surface area contributed by atoms with Gasteiger partial charge in [0.1, 0.15) is 0 Å². The molecule has 0 bridgehead atoms. The number of fused-ring (bicyclic) bond motifs is 1. The van der Waals surface area contributed by atoms with Crippen LogP contribution in [0, 0.1) is 0 Å². The third-order valence-electron chi connectivity index (χ3n) is 2.78.